The van der Waals surface area contributed by atoms with Crippen molar-refractivity contribution in [1.29, 1.82) is 0 Å². The number of hydrogen-bond acceptors (Lipinski definition) is 4. The first-order valence-corrected chi connectivity index (χ1v) is 4.66. The van der Waals surface area contributed by atoms with Gasteiger partial charge in [-0.1, -0.05) is 0 Å². The molecular formula is C9H12N4O. The minimum Gasteiger partial charge on any atom is -0.368 e. The van der Waals surface area contributed by atoms with E-state index in [-0.39, 0.29) is 11.9 Å². The Morgan fingerprint density at radius 3 is 3.00 bits per heavy atom. The van der Waals surface area contributed by atoms with Gasteiger partial charge in [-0.05, 0) is 18.9 Å². The second-order valence-electron chi connectivity index (χ2n) is 3.28. The van der Waals surface area contributed by atoms with Gasteiger partial charge in [0.25, 0.3) is 0 Å². The fourth-order valence-electron chi connectivity index (χ4n) is 1.56. The van der Waals surface area contributed by atoms with Crippen LogP contribution in [0.4, 0.5) is 11.8 Å². The zero-order chi connectivity index (χ0) is 9.97. The number of nitrogens with two attached hydrogens (primary N) is 1. The third kappa shape index (κ3) is 1.66. The van der Waals surface area contributed by atoms with Gasteiger partial charge in [0.2, 0.25) is 11.9 Å². The normalized spacial score (nSPS) is 17.1. The van der Waals surface area contributed by atoms with E-state index in [0.29, 0.717) is 12.2 Å². The molecule has 0 unspecified atom stereocenters. The van der Waals surface area contributed by atoms with Gasteiger partial charge in [-0.25, -0.2) is 4.98 Å². The van der Waals surface area contributed by atoms with Gasteiger partial charge in [0, 0.05) is 19.2 Å². The second-order valence-corrected chi connectivity index (χ2v) is 3.28. The van der Waals surface area contributed by atoms with Crippen LogP contribution >= 0.6 is 0 Å². The molecule has 0 aromatic carbocycles. The molecule has 1 aromatic rings. The predicted octanol–water partition coefficient (Wildman–Crippen LogP) is 0.576. The van der Waals surface area contributed by atoms with Crippen molar-refractivity contribution >= 4 is 17.7 Å². The topological polar surface area (TPSA) is 72.1 Å². The summed E-state index contributed by atoms with van der Waals surface area (Å²) >= 11 is 0. The van der Waals surface area contributed by atoms with E-state index in [2.05, 4.69) is 9.97 Å². The van der Waals surface area contributed by atoms with Crippen LogP contribution in [0, 0.1) is 0 Å². The lowest BCUT2D eigenvalue weighted by Crippen LogP contribution is -2.35. The summed E-state index contributed by atoms with van der Waals surface area (Å²) in [5, 5.41) is 0. The molecule has 74 valence electrons. The molecule has 1 aliphatic rings. The van der Waals surface area contributed by atoms with Gasteiger partial charge in [-0.3, -0.25) is 9.69 Å². The molecule has 14 heavy (non-hydrogen) atoms. The van der Waals surface area contributed by atoms with Crippen molar-refractivity contribution in [3.63, 3.8) is 0 Å². The molecule has 1 aliphatic heterocycles. The smallest absolute Gasteiger partial charge is 0.228 e. The van der Waals surface area contributed by atoms with Crippen LogP contribution in [0.25, 0.3) is 0 Å². The number of rotatable bonds is 1. The average molecular weight is 192 g/mol. The molecule has 1 aromatic heterocycles. The van der Waals surface area contributed by atoms with Gasteiger partial charge in [0.15, 0.2) is 0 Å². The molecular weight excluding hydrogens is 180 g/mol. The molecule has 0 radical (unpaired) electrons. The second kappa shape index (κ2) is 3.61. The quantitative estimate of drug-likeness (QED) is 0.706. The number of nitrogens with zero attached hydrogens (tertiary/aromatic N) is 3. The Balaban J connectivity index is 2.24. The van der Waals surface area contributed by atoms with Crippen LogP contribution < -0.4 is 10.6 Å². The Labute approximate surface area is 82.0 Å². The summed E-state index contributed by atoms with van der Waals surface area (Å²) in [6.07, 6.45) is 4.16. The highest BCUT2D eigenvalue weighted by Gasteiger charge is 2.20. The van der Waals surface area contributed by atoms with Gasteiger partial charge < -0.3 is 5.73 Å². The van der Waals surface area contributed by atoms with E-state index in [9.17, 15) is 4.79 Å². The summed E-state index contributed by atoms with van der Waals surface area (Å²) in [5.41, 5.74) is 5.45. The molecule has 0 saturated carbocycles. The number of carbonyl (C=O) groups excluding carboxylic acids is 1. The number of hydrogen-bond donors (Lipinski definition) is 1. The van der Waals surface area contributed by atoms with Crippen molar-refractivity contribution in [3.8, 4) is 0 Å². The van der Waals surface area contributed by atoms with Gasteiger partial charge in [0.1, 0.15) is 5.82 Å². The molecule has 1 fully saturated rings. The maximum absolute atomic E-state index is 11.5. The summed E-state index contributed by atoms with van der Waals surface area (Å²) in [6.45, 7) is 0.731. The van der Waals surface area contributed by atoms with Crippen LogP contribution in [0.15, 0.2) is 12.3 Å². The molecule has 5 heteroatoms. The first kappa shape index (κ1) is 8.93. The number of anilines is 2. The van der Waals surface area contributed by atoms with Crippen LogP contribution in [0.2, 0.25) is 0 Å². The summed E-state index contributed by atoms with van der Waals surface area (Å²) in [6, 6.07) is 1.71. The number of amides is 1. The number of nitrogen functional groups attached to an aromatic ring is 1. The molecule has 2 rings (SSSR count). The average Bonchev–Trinajstić information content (AvgIpc) is 2.18. The van der Waals surface area contributed by atoms with Gasteiger partial charge >= 0.3 is 0 Å². The summed E-state index contributed by atoms with van der Waals surface area (Å²) < 4.78 is 0. The third-order valence-corrected chi connectivity index (χ3v) is 2.26. The van der Waals surface area contributed by atoms with E-state index in [1.165, 1.54) is 0 Å². The summed E-state index contributed by atoms with van der Waals surface area (Å²) in [7, 11) is 0. The molecule has 5 nitrogen and oxygen atoms in total. The van der Waals surface area contributed by atoms with E-state index in [0.717, 1.165) is 19.4 Å². The SMILES string of the molecule is Nc1nccc(N2CCCCC2=O)n1. The van der Waals surface area contributed by atoms with Gasteiger partial charge in [-0.2, -0.15) is 4.98 Å². The Kier molecular flexibility index (Phi) is 2.30. The largest absolute Gasteiger partial charge is 0.368 e. The van der Waals surface area contributed by atoms with E-state index >= 15 is 0 Å². The van der Waals surface area contributed by atoms with Crippen LogP contribution in [0.1, 0.15) is 19.3 Å². The lowest BCUT2D eigenvalue weighted by Gasteiger charge is -2.25. The zero-order valence-corrected chi connectivity index (χ0v) is 7.81. The number of aromatic nitrogens is 2. The van der Waals surface area contributed by atoms with E-state index in [1.807, 2.05) is 0 Å². The summed E-state index contributed by atoms with van der Waals surface area (Å²) in [4.78, 5) is 21.0. The van der Waals surface area contributed by atoms with Crippen LogP contribution in [0.3, 0.4) is 0 Å². The minimum atomic E-state index is 0.120. The van der Waals surface area contributed by atoms with Gasteiger partial charge in [0.05, 0.1) is 0 Å². The monoisotopic (exact) mass is 192 g/mol. The highest BCUT2D eigenvalue weighted by molar-refractivity contribution is 5.93. The Morgan fingerprint density at radius 1 is 1.43 bits per heavy atom. The molecule has 0 spiro atoms. The fourth-order valence-corrected chi connectivity index (χ4v) is 1.56. The Morgan fingerprint density at radius 2 is 2.29 bits per heavy atom. The first-order valence-electron chi connectivity index (χ1n) is 4.66. The van der Waals surface area contributed by atoms with Crippen molar-refractivity contribution in [2.75, 3.05) is 17.2 Å². The number of carbonyl (C=O) groups is 1. The highest BCUT2D eigenvalue weighted by Crippen LogP contribution is 2.18. The zero-order valence-electron chi connectivity index (χ0n) is 7.81. The molecule has 1 saturated heterocycles. The molecule has 2 N–H and O–H groups in total. The van der Waals surface area contributed by atoms with E-state index < -0.39 is 0 Å². The van der Waals surface area contributed by atoms with Crippen molar-refractivity contribution < 1.29 is 4.79 Å². The lowest BCUT2D eigenvalue weighted by atomic mass is 10.1. The van der Waals surface area contributed by atoms with E-state index in [1.54, 1.807) is 17.2 Å². The maximum Gasteiger partial charge on any atom is 0.228 e. The standard InChI is InChI=1S/C9H12N4O/c10-9-11-5-4-7(12-9)13-6-2-1-3-8(13)14/h4-5H,1-3,6H2,(H2,10,11,12). The Hall–Kier alpha value is -1.65. The van der Waals surface area contributed by atoms with Crippen molar-refractivity contribution in [1.82, 2.24) is 9.97 Å². The van der Waals surface area contributed by atoms with Crippen molar-refractivity contribution in [2.24, 2.45) is 0 Å². The fraction of sp³-hybridized carbons (Fsp3) is 0.444. The molecule has 2 heterocycles. The lowest BCUT2D eigenvalue weighted by molar-refractivity contribution is -0.119. The molecule has 1 amide bonds. The van der Waals surface area contributed by atoms with Crippen molar-refractivity contribution in [3.05, 3.63) is 12.3 Å². The molecule has 0 bridgehead atoms. The van der Waals surface area contributed by atoms with Crippen LogP contribution in [-0.2, 0) is 4.79 Å². The highest BCUT2D eigenvalue weighted by atomic mass is 16.2. The Bertz CT molecular complexity index is 352. The van der Waals surface area contributed by atoms with Crippen LogP contribution in [-0.4, -0.2) is 22.4 Å². The van der Waals surface area contributed by atoms with E-state index in [4.69, 9.17) is 5.73 Å². The molecule has 0 aliphatic carbocycles. The van der Waals surface area contributed by atoms with Crippen molar-refractivity contribution in [2.45, 2.75) is 19.3 Å². The number of piperidine rings is 1. The third-order valence-electron chi connectivity index (χ3n) is 2.26. The maximum atomic E-state index is 11.5. The minimum absolute atomic E-state index is 0.120. The van der Waals surface area contributed by atoms with Gasteiger partial charge in [-0.15, -0.1) is 0 Å². The predicted molar refractivity (Wildman–Crippen MR) is 52.6 cm³/mol. The van der Waals surface area contributed by atoms with Crippen LogP contribution in [0.5, 0.6) is 0 Å². The molecule has 0 atom stereocenters. The first-order chi connectivity index (χ1) is 6.77. The summed E-state index contributed by atoms with van der Waals surface area (Å²) in [5.74, 6) is 0.942.